The molecule has 2 atom stereocenters. The number of rotatable bonds is 9. The fourth-order valence-corrected chi connectivity index (χ4v) is 6.14. The van der Waals surface area contributed by atoms with Gasteiger partial charge in [0, 0.05) is 35.2 Å². The van der Waals surface area contributed by atoms with E-state index in [4.69, 9.17) is 4.74 Å². The molecule has 4 aromatic rings. The molecule has 0 saturated heterocycles. The van der Waals surface area contributed by atoms with Crippen LogP contribution in [0.4, 0.5) is 5.69 Å². The molecule has 0 radical (unpaired) electrons. The second-order valence-corrected chi connectivity index (χ2v) is 12.0. The van der Waals surface area contributed by atoms with Crippen molar-refractivity contribution in [3.05, 3.63) is 95.7 Å². The molecule has 40 heavy (non-hydrogen) atoms. The minimum absolute atomic E-state index is 0.0168. The molecule has 6 heteroatoms. The number of aryl methyl sites for hydroxylation is 1. The van der Waals surface area contributed by atoms with Crippen LogP contribution in [0.2, 0.25) is 0 Å². The van der Waals surface area contributed by atoms with Gasteiger partial charge in [-0.15, -0.1) is 0 Å². The number of aromatic amines is 1. The number of benzene rings is 3. The van der Waals surface area contributed by atoms with Crippen molar-refractivity contribution < 1.29 is 14.3 Å². The zero-order valence-electron chi connectivity index (χ0n) is 24.2. The van der Waals surface area contributed by atoms with Gasteiger partial charge in [-0.25, -0.2) is 0 Å². The van der Waals surface area contributed by atoms with E-state index in [0.29, 0.717) is 24.4 Å². The van der Waals surface area contributed by atoms with Gasteiger partial charge < -0.3 is 19.9 Å². The van der Waals surface area contributed by atoms with Crippen LogP contribution >= 0.6 is 0 Å². The molecule has 0 aliphatic heterocycles. The highest BCUT2D eigenvalue weighted by atomic mass is 16.5. The maximum absolute atomic E-state index is 14.2. The third-order valence-corrected chi connectivity index (χ3v) is 8.76. The zero-order valence-corrected chi connectivity index (χ0v) is 24.2. The van der Waals surface area contributed by atoms with Crippen LogP contribution in [0.1, 0.15) is 56.9 Å². The molecular weight excluding hydrogens is 498 g/mol. The number of carbonyl (C=O) groups excluding carboxylic acids is 2. The Morgan fingerprint density at radius 2 is 1.62 bits per heavy atom. The number of para-hydroxylation sites is 1. The van der Waals surface area contributed by atoms with Crippen LogP contribution in [0.25, 0.3) is 10.9 Å². The maximum Gasteiger partial charge on any atom is 0.249 e. The molecule has 2 unspecified atom stereocenters. The van der Waals surface area contributed by atoms with Crippen molar-refractivity contribution in [2.24, 2.45) is 11.3 Å². The highest BCUT2D eigenvalue weighted by Crippen LogP contribution is 2.67. The Labute approximate surface area is 236 Å². The summed E-state index contributed by atoms with van der Waals surface area (Å²) in [7, 11) is 1.61. The summed E-state index contributed by atoms with van der Waals surface area (Å²) in [5.41, 5.74) is 4.13. The van der Waals surface area contributed by atoms with E-state index in [1.54, 1.807) is 36.3 Å². The predicted octanol–water partition coefficient (Wildman–Crippen LogP) is 7.06. The van der Waals surface area contributed by atoms with Crippen LogP contribution in [0.3, 0.4) is 0 Å². The number of amides is 2. The van der Waals surface area contributed by atoms with Gasteiger partial charge in [0.15, 0.2) is 0 Å². The van der Waals surface area contributed by atoms with Crippen molar-refractivity contribution in [3.63, 3.8) is 0 Å². The van der Waals surface area contributed by atoms with E-state index in [2.05, 4.69) is 49.3 Å². The van der Waals surface area contributed by atoms with Gasteiger partial charge in [0.05, 0.1) is 7.11 Å². The van der Waals surface area contributed by atoms with Crippen molar-refractivity contribution in [2.75, 3.05) is 12.4 Å². The second kappa shape index (κ2) is 10.5. The molecule has 3 aromatic carbocycles. The van der Waals surface area contributed by atoms with E-state index in [0.717, 1.165) is 16.8 Å². The van der Waals surface area contributed by atoms with E-state index in [1.165, 1.54) is 10.9 Å². The largest absolute Gasteiger partial charge is 0.497 e. The summed E-state index contributed by atoms with van der Waals surface area (Å²) in [5.74, 6) is 0.905. The second-order valence-electron chi connectivity index (χ2n) is 12.0. The number of anilines is 1. The van der Waals surface area contributed by atoms with E-state index in [-0.39, 0.29) is 29.1 Å². The lowest BCUT2D eigenvalue weighted by Gasteiger charge is -2.38. The maximum atomic E-state index is 14.2. The Bertz CT molecular complexity index is 1520. The lowest BCUT2D eigenvalue weighted by atomic mass is 9.97. The van der Waals surface area contributed by atoms with Crippen LogP contribution in [0.15, 0.2) is 78.9 Å². The van der Waals surface area contributed by atoms with Crippen molar-refractivity contribution in [3.8, 4) is 5.75 Å². The first kappa shape index (κ1) is 27.5. The summed E-state index contributed by atoms with van der Waals surface area (Å²) in [6.45, 7) is 10.6. The third kappa shape index (κ3) is 5.10. The fourth-order valence-electron chi connectivity index (χ4n) is 6.14. The quantitative estimate of drug-likeness (QED) is 0.240. The predicted molar refractivity (Wildman–Crippen MR) is 160 cm³/mol. The molecule has 6 nitrogen and oxygen atoms in total. The third-order valence-electron chi connectivity index (χ3n) is 8.76. The van der Waals surface area contributed by atoms with Gasteiger partial charge in [-0.1, -0.05) is 62.4 Å². The SMILES string of the molecule is COc1ccc(NC(=O)C(C)(C)N(Cc2ccccc2)C(=O)CC2C(c3c(C)[nH]c4ccccc34)C2(C)C)cc1. The molecule has 1 aromatic heterocycles. The summed E-state index contributed by atoms with van der Waals surface area (Å²) >= 11 is 0. The Morgan fingerprint density at radius 1 is 0.975 bits per heavy atom. The van der Waals surface area contributed by atoms with Gasteiger partial charge in [0.2, 0.25) is 11.8 Å². The van der Waals surface area contributed by atoms with Crippen LogP contribution in [0.5, 0.6) is 5.75 Å². The first-order valence-electron chi connectivity index (χ1n) is 13.9. The summed E-state index contributed by atoms with van der Waals surface area (Å²) in [4.78, 5) is 33.1. The van der Waals surface area contributed by atoms with Gasteiger partial charge >= 0.3 is 0 Å². The number of ether oxygens (including phenoxy) is 1. The number of methoxy groups -OCH3 is 1. The molecule has 1 saturated carbocycles. The van der Waals surface area contributed by atoms with Gasteiger partial charge in [0.1, 0.15) is 11.3 Å². The van der Waals surface area contributed by atoms with Crippen LogP contribution in [-0.4, -0.2) is 34.3 Å². The standard InChI is InChI=1S/C34H39N3O3/c1-22-30(26-14-10-11-15-28(26)35-22)31-27(33(31,2)3)20-29(38)37(21-23-12-8-7-9-13-23)34(4,5)32(39)36-24-16-18-25(40-6)19-17-24/h7-19,27,31,35H,20-21H2,1-6H3,(H,36,39). The number of hydrogen-bond acceptors (Lipinski definition) is 3. The first-order chi connectivity index (χ1) is 19.0. The lowest BCUT2D eigenvalue weighted by Crippen LogP contribution is -2.54. The van der Waals surface area contributed by atoms with Crippen molar-refractivity contribution >= 4 is 28.4 Å². The molecule has 1 aliphatic carbocycles. The van der Waals surface area contributed by atoms with Crippen molar-refractivity contribution in [1.29, 1.82) is 0 Å². The van der Waals surface area contributed by atoms with Crippen molar-refractivity contribution in [1.82, 2.24) is 9.88 Å². The molecule has 5 rings (SSSR count). The number of H-pyrrole nitrogens is 1. The number of hydrogen-bond donors (Lipinski definition) is 2. The lowest BCUT2D eigenvalue weighted by molar-refractivity contribution is -0.144. The van der Waals surface area contributed by atoms with E-state index in [9.17, 15) is 9.59 Å². The number of aromatic nitrogens is 1. The van der Waals surface area contributed by atoms with Crippen LogP contribution in [0, 0.1) is 18.3 Å². The average Bonchev–Trinajstić information content (AvgIpc) is 3.29. The number of fused-ring (bicyclic) bond motifs is 1. The number of nitrogens with one attached hydrogen (secondary N) is 2. The Hall–Kier alpha value is -4.06. The van der Waals surface area contributed by atoms with E-state index in [1.807, 2.05) is 50.2 Å². The van der Waals surface area contributed by atoms with E-state index >= 15 is 0 Å². The highest BCUT2D eigenvalue weighted by Gasteiger charge is 2.60. The summed E-state index contributed by atoms with van der Waals surface area (Å²) in [6.07, 6.45) is 0.378. The van der Waals surface area contributed by atoms with Gasteiger partial charge in [-0.2, -0.15) is 0 Å². The average molecular weight is 538 g/mol. The summed E-state index contributed by atoms with van der Waals surface area (Å²) < 4.78 is 5.24. The molecule has 1 aliphatic rings. The Morgan fingerprint density at radius 3 is 2.30 bits per heavy atom. The summed E-state index contributed by atoms with van der Waals surface area (Å²) in [5, 5.41) is 4.24. The first-order valence-corrected chi connectivity index (χ1v) is 13.9. The molecule has 2 N–H and O–H groups in total. The van der Waals surface area contributed by atoms with Gasteiger partial charge in [-0.3, -0.25) is 9.59 Å². The normalized spacial score (nSPS) is 17.9. The minimum Gasteiger partial charge on any atom is -0.497 e. The number of carbonyl (C=O) groups is 2. The molecule has 1 heterocycles. The monoisotopic (exact) mass is 537 g/mol. The topological polar surface area (TPSA) is 74.4 Å². The molecular formula is C34H39N3O3. The zero-order chi connectivity index (χ0) is 28.7. The van der Waals surface area contributed by atoms with Crippen LogP contribution < -0.4 is 10.1 Å². The summed E-state index contributed by atoms with van der Waals surface area (Å²) in [6, 6.07) is 25.5. The molecule has 0 bridgehead atoms. The molecule has 208 valence electrons. The minimum atomic E-state index is -1.09. The highest BCUT2D eigenvalue weighted by molar-refractivity contribution is 6.00. The fraction of sp³-hybridized carbons (Fsp3) is 0.353. The van der Waals surface area contributed by atoms with Crippen molar-refractivity contribution in [2.45, 2.75) is 59.0 Å². The number of nitrogens with zero attached hydrogens (tertiary/aromatic N) is 1. The van der Waals surface area contributed by atoms with Gasteiger partial charge in [-0.05, 0) is 79.5 Å². The van der Waals surface area contributed by atoms with Gasteiger partial charge in [0.25, 0.3) is 0 Å². The Kier molecular flexibility index (Phi) is 7.21. The van der Waals surface area contributed by atoms with Crippen LogP contribution in [-0.2, 0) is 16.1 Å². The smallest absolute Gasteiger partial charge is 0.249 e. The molecule has 1 fully saturated rings. The Balaban J connectivity index is 1.40. The van der Waals surface area contributed by atoms with E-state index < -0.39 is 5.54 Å². The molecule has 2 amide bonds. The molecule has 0 spiro atoms.